The molecule has 4 aromatic rings. The van der Waals surface area contributed by atoms with Crippen LogP contribution >= 0.6 is 0 Å². The van der Waals surface area contributed by atoms with Crippen LogP contribution in [0.5, 0.6) is 0 Å². The molecule has 1 aliphatic heterocycles. The molecule has 1 aliphatic rings. The predicted octanol–water partition coefficient (Wildman–Crippen LogP) is 1.54. The number of aryl methyl sites for hydroxylation is 1. The van der Waals surface area contributed by atoms with Crippen LogP contribution in [0.1, 0.15) is 9.68 Å². The summed E-state index contributed by atoms with van der Waals surface area (Å²) in [6.07, 6.45) is 6.92. The van der Waals surface area contributed by atoms with Crippen LogP contribution in [0.3, 0.4) is 0 Å². The summed E-state index contributed by atoms with van der Waals surface area (Å²) in [5.74, 6) is 0.700. The molecule has 96 valence electrons. The summed E-state index contributed by atoms with van der Waals surface area (Å²) in [6, 6.07) is 5.65. The lowest BCUT2D eigenvalue weighted by molar-refractivity contribution is -0.648. The first kappa shape index (κ1) is 7.79. The van der Waals surface area contributed by atoms with Gasteiger partial charge in [-0.1, -0.05) is 0 Å². The minimum absolute atomic E-state index is 0.610. The topological polar surface area (TPSA) is 39.0 Å². The lowest BCUT2D eigenvalue weighted by atomic mass is 10.2. The van der Waals surface area contributed by atoms with Gasteiger partial charge in [0, 0.05) is 30.2 Å². The predicted molar refractivity (Wildman–Crippen MR) is 74.2 cm³/mol. The van der Waals surface area contributed by atoms with Gasteiger partial charge < -0.3 is 0 Å². The maximum absolute atomic E-state index is 8.00. The van der Waals surface area contributed by atoms with E-state index in [9.17, 15) is 0 Å². The molecule has 20 heavy (non-hydrogen) atoms. The molecule has 0 bridgehead atoms. The first-order chi connectivity index (χ1) is 11.1. The van der Waals surface area contributed by atoms with Crippen LogP contribution in [-0.4, -0.2) is 18.9 Å². The SMILES string of the molecule is [2H]C([2H])([2H])n1c2[n+](c3c1cc1ccncn13)Cc1cnccc1-2. The molecule has 5 heteroatoms. The molecule has 5 heterocycles. The summed E-state index contributed by atoms with van der Waals surface area (Å²) in [5.41, 5.74) is 4.41. The number of imidazole rings is 1. The van der Waals surface area contributed by atoms with Crippen molar-refractivity contribution in [3.63, 3.8) is 0 Å². The minimum Gasteiger partial charge on any atom is -0.264 e. The van der Waals surface area contributed by atoms with Crippen LogP contribution < -0.4 is 4.57 Å². The van der Waals surface area contributed by atoms with Crippen molar-refractivity contribution in [2.45, 2.75) is 6.54 Å². The molecule has 0 saturated carbocycles. The van der Waals surface area contributed by atoms with Gasteiger partial charge in [0.1, 0.15) is 5.52 Å². The van der Waals surface area contributed by atoms with Gasteiger partial charge in [0.25, 0.3) is 5.65 Å². The molecule has 0 unspecified atom stereocenters. The van der Waals surface area contributed by atoms with Gasteiger partial charge in [-0.3, -0.25) is 9.55 Å². The number of aromatic nitrogens is 5. The van der Waals surface area contributed by atoms with Gasteiger partial charge in [-0.05, 0) is 12.1 Å². The molecule has 0 fully saturated rings. The molecule has 0 atom stereocenters. The number of fused-ring (bicyclic) bond motifs is 7. The van der Waals surface area contributed by atoms with E-state index in [1.165, 1.54) is 4.57 Å². The van der Waals surface area contributed by atoms with Crippen LogP contribution in [0.4, 0.5) is 0 Å². The zero-order valence-corrected chi connectivity index (χ0v) is 10.5. The Kier molecular flexibility index (Phi) is 1.27. The lowest BCUT2D eigenvalue weighted by Gasteiger charge is -1.95. The van der Waals surface area contributed by atoms with Crippen LogP contribution in [-0.2, 0) is 13.5 Å². The van der Waals surface area contributed by atoms with Gasteiger partial charge >= 0.3 is 0 Å². The minimum atomic E-state index is -2.26. The fourth-order valence-corrected chi connectivity index (χ4v) is 3.12. The second kappa shape index (κ2) is 3.25. The second-order valence-electron chi connectivity index (χ2n) is 5.01. The Morgan fingerprint density at radius 1 is 1.30 bits per heavy atom. The molecular formula is C15H12N5+. The Labute approximate surface area is 119 Å². The highest BCUT2D eigenvalue weighted by molar-refractivity contribution is 5.82. The smallest absolute Gasteiger partial charge is 0.264 e. The fraction of sp³-hybridized carbons (Fsp3) is 0.133. The van der Waals surface area contributed by atoms with E-state index in [4.69, 9.17) is 4.11 Å². The number of nitrogens with zero attached hydrogens (tertiary/aromatic N) is 5. The largest absolute Gasteiger partial charge is 0.275 e. The second-order valence-corrected chi connectivity index (χ2v) is 5.01. The summed E-state index contributed by atoms with van der Waals surface area (Å²) >= 11 is 0. The van der Waals surface area contributed by atoms with E-state index in [1.54, 1.807) is 24.9 Å². The summed E-state index contributed by atoms with van der Waals surface area (Å²) in [7, 11) is 0. The van der Waals surface area contributed by atoms with Crippen LogP contribution in [0.25, 0.3) is 28.1 Å². The Morgan fingerprint density at radius 2 is 2.25 bits per heavy atom. The Bertz CT molecular complexity index is 1090. The highest BCUT2D eigenvalue weighted by atomic mass is 15.2. The molecule has 0 radical (unpaired) electrons. The molecular weight excluding hydrogens is 250 g/mol. The van der Waals surface area contributed by atoms with Crippen molar-refractivity contribution >= 4 is 16.7 Å². The van der Waals surface area contributed by atoms with E-state index < -0.39 is 6.98 Å². The standard InChI is InChI=1S/C15H12N5/c1-18-13-6-11-2-4-17-9-20(11)15(13)19-8-10-7-16-5-3-12(10)14(18)19/h2-7,9H,8H2,1H3/q+1/i1D3. The van der Waals surface area contributed by atoms with Crippen LogP contribution in [0.15, 0.2) is 43.1 Å². The number of rotatable bonds is 0. The quantitative estimate of drug-likeness (QED) is 0.398. The third-order valence-electron chi connectivity index (χ3n) is 3.97. The number of pyridine rings is 1. The van der Waals surface area contributed by atoms with Crippen LogP contribution in [0, 0.1) is 0 Å². The van der Waals surface area contributed by atoms with E-state index in [-0.39, 0.29) is 0 Å². The molecule has 4 aromatic heterocycles. The van der Waals surface area contributed by atoms with Crippen molar-refractivity contribution in [3.8, 4) is 11.4 Å². The third-order valence-corrected chi connectivity index (χ3v) is 3.97. The average Bonchev–Trinajstić information content (AvgIpc) is 3.12. The van der Waals surface area contributed by atoms with E-state index in [1.807, 2.05) is 27.2 Å². The summed E-state index contributed by atoms with van der Waals surface area (Å²) in [4.78, 5) is 8.33. The normalized spacial score (nSPS) is 15.9. The van der Waals surface area contributed by atoms with E-state index in [0.29, 0.717) is 17.9 Å². The summed E-state index contributed by atoms with van der Waals surface area (Å²) in [6.45, 7) is -1.65. The van der Waals surface area contributed by atoms with Gasteiger partial charge in [-0.25, -0.2) is 14.0 Å². The number of hydrogen-bond donors (Lipinski definition) is 0. The summed E-state index contributed by atoms with van der Waals surface area (Å²) in [5, 5.41) is 0. The van der Waals surface area contributed by atoms with Gasteiger partial charge in [-0.2, -0.15) is 0 Å². The van der Waals surface area contributed by atoms with Gasteiger partial charge in [0.15, 0.2) is 11.8 Å². The maximum Gasteiger partial charge on any atom is 0.275 e. The fourth-order valence-electron chi connectivity index (χ4n) is 3.12. The van der Waals surface area contributed by atoms with Crippen molar-refractivity contribution in [1.29, 1.82) is 0 Å². The van der Waals surface area contributed by atoms with Crippen molar-refractivity contribution in [1.82, 2.24) is 18.9 Å². The maximum atomic E-state index is 8.00. The van der Waals surface area contributed by atoms with E-state index in [0.717, 1.165) is 22.3 Å². The average molecular weight is 265 g/mol. The van der Waals surface area contributed by atoms with Crippen molar-refractivity contribution in [3.05, 3.63) is 48.7 Å². The zero-order chi connectivity index (χ0) is 15.8. The van der Waals surface area contributed by atoms with Crippen molar-refractivity contribution in [2.75, 3.05) is 0 Å². The first-order valence-electron chi connectivity index (χ1n) is 7.89. The molecule has 0 saturated heterocycles. The van der Waals surface area contributed by atoms with Gasteiger partial charge in [0.2, 0.25) is 5.82 Å². The van der Waals surface area contributed by atoms with Crippen molar-refractivity contribution in [2.24, 2.45) is 6.98 Å². The van der Waals surface area contributed by atoms with Gasteiger partial charge in [0.05, 0.1) is 23.2 Å². The molecule has 5 rings (SSSR count). The molecule has 0 aliphatic carbocycles. The summed E-state index contributed by atoms with van der Waals surface area (Å²) < 4.78 is 29.4. The Hall–Kier alpha value is -2.69. The highest BCUT2D eigenvalue weighted by Crippen LogP contribution is 2.31. The van der Waals surface area contributed by atoms with Crippen LogP contribution in [0.2, 0.25) is 0 Å². The number of hydrogen-bond acceptors (Lipinski definition) is 2. The zero-order valence-electron chi connectivity index (χ0n) is 13.5. The molecule has 0 amide bonds. The Balaban J connectivity index is 2.01. The third kappa shape index (κ3) is 1.02. The van der Waals surface area contributed by atoms with Crippen molar-refractivity contribution < 1.29 is 8.68 Å². The highest BCUT2D eigenvalue weighted by Gasteiger charge is 2.32. The van der Waals surface area contributed by atoms with E-state index >= 15 is 0 Å². The lowest BCUT2D eigenvalue weighted by Crippen LogP contribution is -2.32. The van der Waals surface area contributed by atoms with Gasteiger partial charge in [-0.15, -0.1) is 0 Å². The molecule has 0 aromatic carbocycles. The first-order valence-corrected chi connectivity index (χ1v) is 6.39. The monoisotopic (exact) mass is 265 g/mol. The molecule has 0 N–H and O–H groups in total. The van der Waals surface area contributed by atoms with E-state index in [2.05, 4.69) is 9.97 Å². The molecule has 0 spiro atoms. The Morgan fingerprint density at radius 3 is 3.20 bits per heavy atom. The molecule has 5 nitrogen and oxygen atoms in total.